The van der Waals surface area contributed by atoms with Gasteiger partial charge in [-0.3, -0.25) is 4.90 Å². The van der Waals surface area contributed by atoms with E-state index in [9.17, 15) is 0 Å². The van der Waals surface area contributed by atoms with Gasteiger partial charge in [0.05, 0.1) is 12.0 Å². The van der Waals surface area contributed by atoms with Gasteiger partial charge in [0.25, 0.3) is 0 Å². The van der Waals surface area contributed by atoms with Crippen molar-refractivity contribution < 1.29 is 0 Å². The van der Waals surface area contributed by atoms with E-state index >= 15 is 0 Å². The van der Waals surface area contributed by atoms with Gasteiger partial charge in [0, 0.05) is 25.2 Å². The van der Waals surface area contributed by atoms with Crippen molar-refractivity contribution in [2.24, 2.45) is 17.6 Å². The van der Waals surface area contributed by atoms with Crippen LogP contribution in [0.15, 0.2) is 0 Å². The van der Waals surface area contributed by atoms with Crippen molar-refractivity contribution in [3.8, 4) is 6.07 Å². The largest absolute Gasteiger partial charge is 0.326 e. The number of rotatable bonds is 2. The molecule has 0 aromatic carbocycles. The molecule has 3 aliphatic rings. The molecular formula is C9H15N3. The van der Waals surface area contributed by atoms with Gasteiger partial charge in [-0.15, -0.1) is 0 Å². The third-order valence-electron chi connectivity index (χ3n) is 3.20. The van der Waals surface area contributed by atoms with E-state index in [1.807, 2.05) is 6.92 Å². The fourth-order valence-electron chi connectivity index (χ4n) is 2.37. The number of nitrogens with zero attached hydrogens (tertiary/aromatic N) is 2. The molecule has 2 heterocycles. The van der Waals surface area contributed by atoms with Crippen LogP contribution in [0.25, 0.3) is 0 Å². The van der Waals surface area contributed by atoms with Crippen LogP contribution in [0.3, 0.4) is 0 Å². The summed E-state index contributed by atoms with van der Waals surface area (Å²) >= 11 is 0. The second-order valence-corrected chi connectivity index (χ2v) is 4.12. The van der Waals surface area contributed by atoms with E-state index in [1.54, 1.807) is 0 Å². The minimum absolute atomic E-state index is 0.150. The zero-order valence-corrected chi connectivity index (χ0v) is 7.40. The predicted octanol–water partition coefficient (Wildman–Crippen LogP) is 0.177. The van der Waals surface area contributed by atoms with Crippen LogP contribution in [-0.4, -0.2) is 30.1 Å². The van der Waals surface area contributed by atoms with Gasteiger partial charge < -0.3 is 5.73 Å². The number of fused-ring (bicyclic) bond motifs is 1. The molecule has 12 heavy (non-hydrogen) atoms. The molecule has 4 atom stereocenters. The monoisotopic (exact) mass is 165 g/mol. The van der Waals surface area contributed by atoms with Crippen LogP contribution in [0, 0.1) is 23.2 Å². The molecule has 3 heteroatoms. The Morgan fingerprint density at radius 3 is 2.92 bits per heavy atom. The predicted molar refractivity (Wildman–Crippen MR) is 46.2 cm³/mol. The summed E-state index contributed by atoms with van der Waals surface area (Å²) in [4.78, 5) is 2.38. The molecule has 3 nitrogen and oxygen atoms in total. The highest BCUT2D eigenvalue weighted by Crippen LogP contribution is 2.39. The van der Waals surface area contributed by atoms with Gasteiger partial charge >= 0.3 is 0 Å². The first kappa shape index (κ1) is 8.03. The van der Waals surface area contributed by atoms with Crippen LogP contribution in [0.5, 0.6) is 0 Å². The Kier molecular flexibility index (Phi) is 1.82. The number of nitrogens with two attached hydrogens (primary N) is 1. The normalized spacial score (nSPS) is 41.9. The van der Waals surface area contributed by atoms with Crippen molar-refractivity contribution in [2.45, 2.75) is 25.4 Å². The van der Waals surface area contributed by atoms with Gasteiger partial charge in [-0.1, -0.05) is 0 Å². The second kappa shape index (κ2) is 2.72. The lowest BCUT2D eigenvalue weighted by Gasteiger charge is -2.33. The summed E-state index contributed by atoms with van der Waals surface area (Å²) in [6.45, 7) is 4.00. The fraction of sp³-hybridized carbons (Fsp3) is 0.889. The molecule has 2 N–H and O–H groups in total. The average Bonchev–Trinajstić information content (AvgIpc) is 2.59. The van der Waals surface area contributed by atoms with Crippen molar-refractivity contribution in [3.63, 3.8) is 0 Å². The molecule has 0 aromatic rings. The topological polar surface area (TPSA) is 53.0 Å². The first-order chi connectivity index (χ1) is 5.72. The maximum Gasteiger partial charge on any atom is 0.0666 e. The lowest BCUT2D eigenvalue weighted by Crippen LogP contribution is -2.50. The van der Waals surface area contributed by atoms with E-state index in [1.165, 1.54) is 6.42 Å². The van der Waals surface area contributed by atoms with Crippen molar-refractivity contribution in [1.82, 2.24) is 4.90 Å². The Hall–Kier alpha value is -0.590. The van der Waals surface area contributed by atoms with Crippen LogP contribution < -0.4 is 5.73 Å². The molecule has 4 unspecified atom stereocenters. The third-order valence-corrected chi connectivity index (χ3v) is 3.20. The Labute approximate surface area is 73.1 Å². The summed E-state index contributed by atoms with van der Waals surface area (Å²) in [5.74, 6) is 0.873. The van der Waals surface area contributed by atoms with Gasteiger partial charge in [0.15, 0.2) is 0 Å². The molecule has 0 spiro atoms. The lowest BCUT2D eigenvalue weighted by molar-refractivity contribution is 0.204. The van der Waals surface area contributed by atoms with Gasteiger partial charge in [-0.25, -0.2) is 0 Å². The Morgan fingerprint density at radius 2 is 2.50 bits per heavy atom. The van der Waals surface area contributed by atoms with E-state index in [0.29, 0.717) is 12.1 Å². The maximum absolute atomic E-state index is 8.65. The quantitative estimate of drug-likeness (QED) is 0.635. The SMILES string of the molecule is CC(C#N)CN1CC2CC1C2N. The first-order valence-electron chi connectivity index (χ1n) is 4.61. The molecule has 3 fully saturated rings. The van der Waals surface area contributed by atoms with Crippen LogP contribution in [0.2, 0.25) is 0 Å². The molecule has 66 valence electrons. The maximum atomic E-state index is 8.65. The Morgan fingerprint density at radius 1 is 1.75 bits per heavy atom. The molecule has 2 aliphatic heterocycles. The van der Waals surface area contributed by atoms with Crippen molar-refractivity contribution in [1.29, 1.82) is 5.26 Å². The third kappa shape index (κ3) is 1.03. The van der Waals surface area contributed by atoms with E-state index in [2.05, 4.69) is 11.0 Å². The van der Waals surface area contributed by atoms with E-state index in [0.717, 1.165) is 19.0 Å². The zero-order valence-electron chi connectivity index (χ0n) is 7.40. The van der Waals surface area contributed by atoms with E-state index < -0.39 is 0 Å². The summed E-state index contributed by atoms with van der Waals surface area (Å²) in [6.07, 6.45) is 1.26. The van der Waals surface area contributed by atoms with Gasteiger partial charge in [-0.2, -0.15) is 5.26 Å². The average molecular weight is 165 g/mol. The van der Waals surface area contributed by atoms with Crippen LogP contribution in [-0.2, 0) is 0 Å². The molecule has 2 bridgehead atoms. The molecule has 0 amide bonds. The van der Waals surface area contributed by atoms with Crippen molar-refractivity contribution in [2.75, 3.05) is 13.1 Å². The minimum atomic E-state index is 0.150. The lowest BCUT2D eigenvalue weighted by atomic mass is 9.81. The molecule has 0 aromatic heterocycles. The standard InChI is InChI=1S/C9H15N3/c1-6(3-10)4-12-5-7-2-8(12)9(7)11/h6-9H,2,4-5,11H2,1H3. The zero-order chi connectivity index (χ0) is 8.72. The highest BCUT2D eigenvalue weighted by atomic mass is 15.2. The van der Waals surface area contributed by atoms with E-state index in [-0.39, 0.29) is 5.92 Å². The van der Waals surface area contributed by atoms with Gasteiger partial charge in [0.2, 0.25) is 0 Å². The number of hydrogen-bond acceptors (Lipinski definition) is 3. The highest BCUT2D eigenvalue weighted by molar-refractivity contribution is 5.07. The summed E-state index contributed by atoms with van der Waals surface area (Å²) in [6, 6.07) is 3.25. The summed E-state index contributed by atoms with van der Waals surface area (Å²) in [5.41, 5.74) is 5.91. The number of hydrogen-bond donors (Lipinski definition) is 1. The number of nitriles is 1. The summed E-state index contributed by atoms with van der Waals surface area (Å²) in [5, 5.41) is 8.65. The smallest absolute Gasteiger partial charge is 0.0666 e. The fourth-order valence-corrected chi connectivity index (χ4v) is 2.37. The van der Waals surface area contributed by atoms with Crippen LogP contribution >= 0.6 is 0 Å². The van der Waals surface area contributed by atoms with Gasteiger partial charge in [0.1, 0.15) is 0 Å². The first-order valence-corrected chi connectivity index (χ1v) is 4.61. The Balaban J connectivity index is 1.89. The molecule has 2 saturated heterocycles. The highest BCUT2D eigenvalue weighted by Gasteiger charge is 2.49. The molecule has 3 rings (SSSR count). The van der Waals surface area contributed by atoms with Crippen molar-refractivity contribution in [3.05, 3.63) is 0 Å². The Bertz CT molecular complexity index is 220. The molecule has 0 radical (unpaired) electrons. The second-order valence-electron chi connectivity index (χ2n) is 4.12. The molecular weight excluding hydrogens is 150 g/mol. The summed E-state index contributed by atoms with van der Waals surface area (Å²) in [7, 11) is 0. The van der Waals surface area contributed by atoms with E-state index in [4.69, 9.17) is 11.0 Å². The molecule has 1 aliphatic carbocycles. The van der Waals surface area contributed by atoms with Gasteiger partial charge in [-0.05, 0) is 19.3 Å². The molecule has 1 saturated carbocycles. The van der Waals surface area contributed by atoms with Crippen LogP contribution in [0.1, 0.15) is 13.3 Å². The minimum Gasteiger partial charge on any atom is -0.326 e. The van der Waals surface area contributed by atoms with Crippen LogP contribution in [0.4, 0.5) is 0 Å². The van der Waals surface area contributed by atoms with Crippen molar-refractivity contribution >= 4 is 0 Å². The summed E-state index contributed by atoms with van der Waals surface area (Å²) < 4.78 is 0.